The Hall–Kier alpha value is -0.370. The summed E-state index contributed by atoms with van der Waals surface area (Å²) in [6, 6.07) is 5.27. The van der Waals surface area contributed by atoms with Gasteiger partial charge in [0.05, 0.1) is 7.11 Å². The van der Waals surface area contributed by atoms with Gasteiger partial charge in [0.25, 0.3) is 0 Å². The quantitative estimate of drug-likeness (QED) is 0.717. The molecule has 76 valence electrons. The molecule has 0 amide bonds. The molecule has 1 rings (SSSR count). The summed E-state index contributed by atoms with van der Waals surface area (Å²) in [5.41, 5.74) is 1.35. The first-order valence-electron chi connectivity index (χ1n) is 3.86. The number of rotatable bonds is 2. The lowest BCUT2D eigenvalue weighted by Crippen LogP contribution is -2.03. The molecule has 0 spiro atoms. The Labute approximate surface area is 98.2 Å². The smallest absolute Gasteiger partial charge is 0.216 e. The van der Waals surface area contributed by atoms with E-state index in [1.807, 2.05) is 0 Å². The van der Waals surface area contributed by atoms with E-state index >= 15 is 0 Å². The summed E-state index contributed by atoms with van der Waals surface area (Å²) in [5, 5.41) is 0. The molecule has 1 aromatic rings. The molecule has 0 aromatic heterocycles. The monoisotopic (exact) mass is 250 g/mol. The molecule has 0 aliphatic carbocycles. The second-order valence-electron chi connectivity index (χ2n) is 2.66. The zero-order chi connectivity index (χ0) is 10.8. The summed E-state index contributed by atoms with van der Waals surface area (Å²) >= 11 is 17.4. The Bertz CT molecular complexity index is 342. The van der Waals surface area contributed by atoms with Crippen LogP contribution in [0.1, 0.15) is 11.1 Å². The number of hydrogen-bond donors (Lipinski definition) is 0. The molecule has 4 heteroatoms. The number of benzene rings is 1. The maximum atomic E-state index is 5.80. The highest BCUT2D eigenvalue weighted by Gasteiger charge is 2.25. The average molecular weight is 252 g/mol. The van der Waals surface area contributed by atoms with Gasteiger partial charge >= 0.3 is 0 Å². The van der Waals surface area contributed by atoms with Crippen LogP contribution in [0.2, 0.25) is 0 Å². The molecular weight excluding hydrogens is 242 g/mol. The Morgan fingerprint density at radius 1 is 1.36 bits per heavy atom. The van der Waals surface area contributed by atoms with Gasteiger partial charge in [0.2, 0.25) is 3.79 Å². The predicted molar refractivity (Wildman–Crippen MR) is 62.3 cm³/mol. The van der Waals surface area contributed by atoms with Crippen LogP contribution in [0.4, 0.5) is 0 Å². The van der Waals surface area contributed by atoms with E-state index in [0.29, 0.717) is 11.3 Å². The molecule has 0 radical (unpaired) electrons. The standard InChI is InChI=1S/C10H9Cl3O/c1-3-7-4-5-8(14-2)6-9(7)10(11,12)13/h3-6H,1H2,2H3. The number of alkyl halides is 3. The van der Waals surface area contributed by atoms with E-state index in [0.717, 1.165) is 5.56 Å². The summed E-state index contributed by atoms with van der Waals surface area (Å²) in [6.07, 6.45) is 1.64. The number of hydrogen-bond acceptors (Lipinski definition) is 1. The van der Waals surface area contributed by atoms with Crippen molar-refractivity contribution >= 4 is 40.9 Å². The third-order valence-corrected chi connectivity index (χ3v) is 2.40. The number of ether oxygens (including phenoxy) is 1. The fraction of sp³-hybridized carbons (Fsp3) is 0.200. The molecule has 0 saturated carbocycles. The lowest BCUT2D eigenvalue weighted by atomic mass is 10.1. The molecular formula is C10H9Cl3O. The van der Waals surface area contributed by atoms with Crippen molar-refractivity contribution < 1.29 is 4.74 Å². The van der Waals surface area contributed by atoms with E-state index in [9.17, 15) is 0 Å². The van der Waals surface area contributed by atoms with E-state index in [4.69, 9.17) is 39.5 Å². The van der Waals surface area contributed by atoms with Crippen LogP contribution in [0.25, 0.3) is 6.08 Å². The van der Waals surface area contributed by atoms with Crippen LogP contribution < -0.4 is 4.74 Å². The van der Waals surface area contributed by atoms with Gasteiger partial charge in [-0.15, -0.1) is 0 Å². The Morgan fingerprint density at radius 3 is 2.43 bits per heavy atom. The minimum Gasteiger partial charge on any atom is -0.497 e. The van der Waals surface area contributed by atoms with Gasteiger partial charge in [0.15, 0.2) is 0 Å². The van der Waals surface area contributed by atoms with Gasteiger partial charge in [-0.3, -0.25) is 0 Å². The molecule has 0 atom stereocenters. The van der Waals surface area contributed by atoms with Crippen LogP contribution in [-0.2, 0) is 3.79 Å². The fourth-order valence-electron chi connectivity index (χ4n) is 1.09. The van der Waals surface area contributed by atoms with Gasteiger partial charge < -0.3 is 4.74 Å². The lowest BCUT2D eigenvalue weighted by Gasteiger charge is -2.15. The highest BCUT2D eigenvalue weighted by molar-refractivity contribution is 6.66. The summed E-state index contributed by atoms with van der Waals surface area (Å²) < 4.78 is 3.58. The molecule has 1 nitrogen and oxygen atoms in total. The normalized spacial score (nSPS) is 11.1. The summed E-state index contributed by atoms with van der Waals surface area (Å²) in [7, 11) is 1.56. The van der Waals surface area contributed by atoms with Crippen molar-refractivity contribution in [1.29, 1.82) is 0 Å². The van der Waals surface area contributed by atoms with Gasteiger partial charge in [0.1, 0.15) is 5.75 Å². The Kier molecular flexibility index (Phi) is 3.71. The number of methoxy groups -OCH3 is 1. The second kappa shape index (κ2) is 4.43. The van der Waals surface area contributed by atoms with Crippen molar-refractivity contribution in [1.82, 2.24) is 0 Å². The average Bonchev–Trinajstić information content (AvgIpc) is 2.15. The van der Waals surface area contributed by atoms with E-state index in [-0.39, 0.29) is 0 Å². The molecule has 0 bridgehead atoms. The molecule has 0 aliphatic heterocycles. The largest absolute Gasteiger partial charge is 0.497 e. The molecule has 1 aromatic carbocycles. The SMILES string of the molecule is C=Cc1ccc(OC)cc1C(Cl)(Cl)Cl. The minimum absolute atomic E-state index is 0.567. The van der Waals surface area contributed by atoms with Crippen molar-refractivity contribution in [3.63, 3.8) is 0 Å². The predicted octanol–water partition coefficient (Wildman–Crippen LogP) is 4.16. The van der Waals surface area contributed by atoms with Crippen molar-refractivity contribution in [2.45, 2.75) is 3.79 Å². The molecule has 0 fully saturated rings. The van der Waals surface area contributed by atoms with Gasteiger partial charge in [-0.2, -0.15) is 0 Å². The van der Waals surface area contributed by atoms with Crippen molar-refractivity contribution in [3.8, 4) is 5.75 Å². The topological polar surface area (TPSA) is 9.23 Å². The second-order valence-corrected chi connectivity index (χ2v) is 4.94. The number of halogens is 3. The molecule has 14 heavy (non-hydrogen) atoms. The summed E-state index contributed by atoms with van der Waals surface area (Å²) in [4.78, 5) is 0. The van der Waals surface area contributed by atoms with Crippen molar-refractivity contribution in [3.05, 3.63) is 35.9 Å². The van der Waals surface area contributed by atoms with Crippen molar-refractivity contribution in [2.75, 3.05) is 7.11 Å². The van der Waals surface area contributed by atoms with Gasteiger partial charge in [-0.05, 0) is 17.7 Å². The van der Waals surface area contributed by atoms with E-state index in [2.05, 4.69) is 6.58 Å². The first-order valence-corrected chi connectivity index (χ1v) is 5.00. The van der Waals surface area contributed by atoms with Gasteiger partial charge in [-0.25, -0.2) is 0 Å². The van der Waals surface area contributed by atoms with Crippen molar-refractivity contribution in [2.24, 2.45) is 0 Å². The maximum Gasteiger partial charge on any atom is 0.216 e. The summed E-state index contributed by atoms with van der Waals surface area (Å²) in [6.45, 7) is 3.64. The molecule has 0 heterocycles. The van der Waals surface area contributed by atoms with Crippen LogP contribution in [-0.4, -0.2) is 7.11 Å². The molecule has 0 aliphatic rings. The van der Waals surface area contributed by atoms with Crippen LogP contribution in [0.3, 0.4) is 0 Å². The van der Waals surface area contributed by atoms with Crippen LogP contribution >= 0.6 is 34.8 Å². The molecule has 0 N–H and O–H groups in total. The maximum absolute atomic E-state index is 5.80. The Balaban J connectivity index is 3.29. The lowest BCUT2D eigenvalue weighted by molar-refractivity contribution is 0.414. The third kappa shape index (κ3) is 2.57. The highest BCUT2D eigenvalue weighted by atomic mass is 35.6. The van der Waals surface area contributed by atoms with E-state index < -0.39 is 3.79 Å². The van der Waals surface area contributed by atoms with E-state index in [1.165, 1.54) is 0 Å². The van der Waals surface area contributed by atoms with Gasteiger partial charge in [0, 0.05) is 5.56 Å². The molecule has 0 saturated heterocycles. The summed E-state index contributed by atoms with van der Waals surface area (Å²) in [5.74, 6) is 0.650. The molecule has 0 unspecified atom stereocenters. The highest BCUT2D eigenvalue weighted by Crippen LogP contribution is 2.41. The van der Waals surface area contributed by atoms with Gasteiger partial charge in [-0.1, -0.05) is 53.5 Å². The zero-order valence-electron chi connectivity index (χ0n) is 7.56. The third-order valence-electron chi connectivity index (χ3n) is 1.79. The zero-order valence-corrected chi connectivity index (χ0v) is 9.83. The van der Waals surface area contributed by atoms with Crippen LogP contribution in [0.15, 0.2) is 24.8 Å². The van der Waals surface area contributed by atoms with Crippen LogP contribution in [0.5, 0.6) is 5.75 Å². The minimum atomic E-state index is -1.46. The first-order chi connectivity index (χ1) is 6.49. The fourth-order valence-corrected chi connectivity index (χ4v) is 1.58. The first kappa shape index (κ1) is 11.7. The Morgan fingerprint density at radius 2 is 2.00 bits per heavy atom. The van der Waals surface area contributed by atoms with Crippen LogP contribution in [0, 0.1) is 0 Å². The van der Waals surface area contributed by atoms with E-state index in [1.54, 1.807) is 31.4 Å².